The predicted molar refractivity (Wildman–Crippen MR) is 100 cm³/mol. The van der Waals surface area contributed by atoms with Crippen molar-refractivity contribution in [1.82, 2.24) is 0 Å². The molecule has 0 bridgehead atoms. The molecule has 130 valence electrons. The molecule has 0 aliphatic carbocycles. The van der Waals surface area contributed by atoms with Crippen LogP contribution < -0.4 is 10.2 Å². The molecule has 2 aromatic carbocycles. The quantitative estimate of drug-likeness (QED) is 0.849. The summed E-state index contributed by atoms with van der Waals surface area (Å²) in [5.74, 6) is -0.459. The molecule has 25 heavy (non-hydrogen) atoms. The molecule has 3 rings (SSSR count). The average molecular weight is 356 g/mol. The Bertz CT molecular complexity index is 820. The van der Waals surface area contributed by atoms with Crippen molar-refractivity contribution in [3.8, 4) is 0 Å². The van der Waals surface area contributed by atoms with E-state index >= 15 is 0 Å². The van der Waals surface area contributed by atoms with E-state index in [1.807, 2.05) is 56.3 Å². The fourth-order valence-electron chi connectivity index (χ4n) is 2.49. The molecule has 1 amide bonds. The molecule has 0 saturated carbocycles. The first-order valence-corrected chi connectivity index (χ1v) is 8.87. The van der Waals surface area contributed by atoms with Crippen LogP contribution in [0.2, 0.25) is 0 Å². The van der Waals surface area contributed by atoms with E-state index < -0.39 is 5.97 Å². The number of rotatable bonds is 4. The SMILES string of the molecule is C[C@H]1Sc2ccc(C(=O)OCc3cccc(N(C)C)c3)cc2NC1=O. The van der Waals surface area contributed by atoms with E-state index in [0.717, 1.165) is 16.1 Å². The van der Waals surface area contributed by atoms with E-state index in [1.54, 1.807) is 12.1 Å². The van der Waals surface area contributed by atoms with Gasteiger partial charge >= 0.3 is 5.97 Å². The van der Waals surface area contributed by atoms with Crippen molar-refractivity contribution < 1.29 is 14.3 Å². The molecular weight excluding hydrogens is 336 g/mol. The summed E-state index contributed by atoms with van der Waals surface area (Å²) in [5, 5.41) is 2.70. The number of benzene rings is 2. The number of carbonyl (C=O) groups is 2. The minimum atomic E-state index is -0.407. The number of hydrogen-bond donors (Lipinski definition) is 1. The molecule has 0 aromatic heterocycles. The summed E-state index contributed by atoms with van der Waals surface area (Å²) in [6.07, 6.45) is 0. The third-order valence-electron chi connectivity index (χ3n) is 3.94. The Balaban J connectivity index is 1.69. The van der Waals surface area contributed by atoms with Crippen LogP contribution in [0.15, 0.2) is 47.4 Å². The molecule has 1 aliphatic rings. The monoisotopic (exact) mass is 356 g/mol. The van der Waals surface area contributed by atoms with Gasteiger partial charge in [0.15, 0.2) is 0 Å². The zero-order valence-corrected chi connectivity index (χ0v) is 15.2. The summed E-state index contributed by atoms with van der Waals surface area (Å²) in [4.78, 5) is 27.1. The largest absolute Gasteiger partial charge is 0.457 e. The molecule has 6 heteroatoms. The van der Waals surface area contributed by atoms with Crippen molar-refractivity contribution >= 4 is 35.0 Å². The topological polar surface area (TPSA) is 58.6 Å². The number of fused-ring (bicyclic) bond motifs is 1. The van der Waals surface area contributed by atoms with Crippen LogP contribution in [-0.4, -0.2) is 31.2 Å². The van der Waals surface area contributed by atoms with Crippen LogP contribution in [0.3, 0.4) is 0 Å². The first-order valence-electron chi connectivity index (χ1n) is 7.99. The molecule has 1 N–H and O–H groups in total. The zero-order valence-electron chi connectivity index (χ0n) is 14.4. The van der Waals surface area contributed by atoms with E-state index in [9.17, 15) is 9.59 Å². The van der Waals surface area contributed by atoms with Crippen molar-refractivity contribution in [2.24, 2.45) is 0 Å². The Morgan fingerprint density at radius 2 is 2.04 bits per heavy atom. The minimum Gasteiger partial charge on any atom is -0.457 e. The van der Waals surface area contributed by atoms with Gasteiger partial charge < -0.3 is 15.0 Å². The Hall–Kier alpha value is -2.47. The van der Waals surface area contributed by atoms with Gasteiger partial charge in [-0.3, -0.25) is 4.79 Å². The zero-order chi connectivity index (χ0) is 18.0. The normalized spacial score (nSPS) is 16.0. The molecular formula is C19H20N2O3S. The molecule has 1 heterocycles. The summed E-state index contributed by atoms with van der Waals surface area (Å²) >= 11 is 1.49. The Morgan fingerprint density at radius 3 is 2.80 bits per heavy atom. The van der Waals surface area contributed by atoms with Gasteiger partial charge in [0.25, 0.3) is 0 Å². The molecule has 0 unspecified atom stereocenters. The molecule has 0 fully saturated rings. The molecule has 0 radical (unpaired) electrons. The number of carbonyl (C=O) groups excluding carboxylic acids is 2. The minimum absolute atomic E-state index is 0.0523. The Labute approximate surface area is 151 Å². The lowest BCUT2D eigenvalue weighted by Crippen LogP contribution is -2.26. The average Bonchev–Trinajstić information content (AvgIpc) is 2.60. The van der Waals surface area contributed by atoms with Crippen molar-refractivity contribution in [3.63, 3.8) is 0 Å². The summed E-state index contributed by atoms with van der Waals surface area (Å²) in [7, 11) is 3.93. The Kier molecular flexibility index (Phi) is 4.99. The summed E-state index contributed by atoms with van der Waals surface area (Å²) in [5.41, 5.74) is 3.07. The van der Waals surface area contributed by atoms with Crippen LogP contribution in [0.5, 0.6) is 0 Å². The van der Waals surface area contributed by atoms with Gasteiger partial charge in [0, 0.05) is 24.7 Å². The molecule has 2 aromatic rings. The lowest BCUT2D eigenvalue weighted by Gasteiger charge is -2.21. The van der Waals surface area contributed by atoms with Crippen molar-refractivity contribution in [3.05, 3.63) is 53.6 Å². The number of nitrogens with zero attached hydrogens (tertiary/aromatic N) is 1. The van der Waals surface area contributed by atoms with Gasteiger partial charge in [0.1, 0.15) is 6.61 Å². The molecule has 5 nitrogen and oxygen atoms in total. The van der Waals surface area contributed by atoms with Gasteiger partial charge in [-0.15, -0.1) is 11.8 Å². The number of esters is 1. The molecule has 1 aliphatic heterocycles. The second-order valence-electron chi connectivity index (χ2n) is 6.10. The van der Waals surface area contributed by atoms with Gasteiger partial charge in [0.2, 0.25) is 5.91 Å². The van der Waals surface area contributed by atoms with Crippen LogP contribution in [0, 0.1) is 0 Å². The van der Waals surface area contributed by atoms with Gasteiger partial charge in [-0.2, -0.15) is 0 Å². The van der Waals surface area contributed by atoms with E-state index in [1.165, 1.54) is 11.8 Å². The van der Waals surface area contributed by atoms with Crippen molar-refractivity contribution in [2.75, 3.05) is 24.3 Å². The fourth-order valence-corrected chi connectivity index (χ4v) is 3.42. The molecule has 0 saturated heterocycles. The van der Waals surface area contributed by atoms with E-state index in [2.05, 4.69) is 5.32 Å². The molecule has 0 spiro atoms. The number of nitrogens with one attached hydrogen (secondary N) is 1. The number of thioether (sulfide) groups is 1. The van der Waals surface area contributed by atoms with E-state index in [0.29, 0.717) is 11.3 Å². The summed E-state index contributed by atoms with van der Waals surface area (Å²) in [6, 6.07) is 13.1. The first-order chi connectivity index (χ1) is 11.9. The second-order valence-corrected chi connectivity index (χ2v) is 7.48. The van der Waals surface area contributed by atoms with E-state index in [-0.39, 0.29) is 17.8 Å². The van der Waals surface area contributed by atoms with Crippen molar-refractivity contribution in [2.45, 2.75) is 23.7 Å². The highest BCUT2D eigenvalue weighted by atomic mass is 32.2. The highest BCUT2D eigenvalue weighted by molar-refractivity contribution is 8.00. The maximum Gasteiger partial charge on any atom is 0.338 e. The highest BCUT2D eigenvalue weighted by Crippen LogP contribution is 2.36. The number of ether oxygens (including phenoxy) is 1. The van der Waals surface area contributed by atoms with E-state index in [4.69, 9.17) is 4.74 Å². The maximum absolute atomic E-state index is 12.3. The van der Waals surface area contributed by atoms with Crippen LogP contribution in [0.25, 0.3) is 0 Å². The van der Waals surface area contributed by atoms with Crippen LogP contribution in [-0.2, 0) is 16.1 Å². The lowest BCUT2D eigenvalue weighted by molar-refractivity contribution is -0.115. The Morgan fingerprint density at radius 1 is 1.24 bits per heavy atom. The van der Waals surface area contributed by atoms with Crippen LogP contribution in [0.4, 0.5) is 11.4 Å². The lowest BCUT2D eigenvalue weighted by atomic mass is 10.2. The van der Waals surface area contributed by atoms with Gasteiger partial charge in [0.05, 0.1) is 16.5 Å². The van der Waals surface area contributed by atoms with Crippen LogP contribution in [0.1, 0.15) is 22.8 Å². The fraction of sp³-hybridized carbons (Fsp3) is 0.263. The maximum atomic E-state index is 12.3. The predicted octanol–water partition coefficient (Wildman–Crippen LogP) is 3.54. The van der Waals surface area contributed by atoms with Crippen molar-refractivity contribution in [1.29, 1.82) is 0 Å². The van der Waals surface area contributed by atoms with Crippen LogP contribution >= 0.6 is 11.8 Å². The number of hydrogen-bond acceptors (Lipinski definition) is 5. The first kappa shape index (κ1) is 17.4. The molecule has 1 atom stereocenters. The number of amides is 1. The van der Waals surface area contributed by atoms with Gasteiger partial charge in [-0.1, -0.05) is 12.1 Å². The van der Waals surface area contributed by atoms with Gasteiger partial charge in [-0.25, -0.2) is 4.79 Å². The number of anilines is 2. The smallest absolute Gasteiger partial charge is 0.338 e. The third kappa shape index (κ3) is 3.96. The summed E-state index contributed by atoms with van der Waals surface area (Å²) < 4.78 is 5.41. The standard InChI is InChI=1S/C19H20N2O3S/c1-12-18(22)20-16-10-14(7-8-17(16)25-12)19(23)24-11-13-5-4-6-15(9-13)21(2)3/h4-10,12H,11H2,1-3H3,(H,20,22)/t12-/m1/s1. The summed E-state index contributed by atoms with van der Waals surface area (Å²) in [6.45, 7) is 2.06. The van der Waals surface area contributed by atoms with Gasteiger partial charge in [-0.05, 0) is 42.8 Å². The third-order valence-corrected chi connectivity index (χ3v) is 5.12. The highest BCUT2D eigenvalue weighted by Gasteiger charge is 2.24. The second kappa shape index (κ2) is 7.19.